The quantitative estimate of drug-likeness (QED) is 0.882. The van der Waals surface area contributed by atoms with E-state index in [9.17, 15) is 0 Å². The first kappa shape index (κ1) is 13.3. The number of nitrogens with two attached hydrogens (primary N) is 1. The second-order valence-corrected chi connectivity index (χ2v) is 4.99. The molecule has 4 heteroatoms. The van der Waals surface area contributed by atoms with E-state index in [-0.39, 0.29) is 5.54 Å². The van der Waals surface area contributed by atoms with Crippen LogP contribution in [0.5, 0.6) is 0 Å². The molecule has 90 valence electrons. The molecule has 0 aromatic carbocycles. The maximum absolute atomic E-state index is 6.21. The Morgan fingerprint density at radius 3 is 2.56 bits per heavy atom. The maximum Gasteiger partial charge on any atom is 0.147 e. The lowest BCUT2D eigenvalue weighted by molar-refractivity contribution is 0.467. The number of anilines is 1. The van der Waals surface area contributed by atoms with Gasteiger partial charge in [-0.25, -0.2) is 4.98 Å². The molecule has 0 saturated heterocycles. The Bertz CT molecular complexity index is 363. The van der Waals surface area contributed by atoms with Crippen LogP contribution in [0.1, 0.15) is 32.8 Å². The molecule has 0 aliphatic carbocycles. The van der Waals surface area contributed by atoms with Gasteiger partial charge in [0.05, 0.1) is 5.02 Å². The Labute approximate surface area is 103 Å². The van der Waals surface area contributed by atoms with Gasteiger partial charge in [-0.15, -0.1) is 0 Å². The lowest BCUT2D eigenvalue weighted by Gasteiger charge is -2.36. The van der Waals surface area contributed by atoms with Crippen molar-refractivity contribution in [2.75, 3.05) is 11.9 Å². The molecule has 0 spiro atoms. The van der Waals surface area contributed by atoms with Crippen molar-refractivity contribution in [3.05, 3.63) is 22.8 Å². The zero-order valence-electron chi connectivity index (χ0n) is 10.4. The highest BCUT2D eigenvalue weighted by molar-refractivity contribution is 6.33. The number of halogens is 1. The average Bonchev–Trinajstić information content (AvgIpc) is 2.28. The minimum atomic E-state index is 0.0425. The van der Waals surface area contributed by atoms with Gasteiger partial charge >= 0.3 is 0 Å². The molecular weight excluding hydrogens is 222 g/mol. The average molecular weight is 242 g/mol. The smallest absolute Gasteiger partial charge is 0.147 e. The number of hydrogen-bond donors (Lipinski definition) is 1. The van der Waals surface area contributed by atoms with Gasteiger partial charge < -0.3 is 10.6 Å². The topological polar surface area (TPSA) is 42.2 Å². The molecule has 3 nitrogen and oxygen atoms in total. The summed E-state index contributed by atoms with van der Waals surface area (Å²) in [5.74, 6) is 0.811. The zero-order valence-corrected chi connectivity index (χ0v) is 11.2. The molecule has 1 heterocycles. The summed E-state index contributed by atoms with van der Waals surface area (Å²) >= 11 is 6.21. The normalized spacial score (nSPS) is 11.6. The predicted molar refractivity (Wildman–Crippen MR) is 69.9 cm³/mol. The summed E-state index contributed by atoms with van der Waals surface area (Å²) in [7, 11) is 2.01. The molecule has 0 bridgehead atoms. The van der Waals surface area contributed by atoms with Gasteiger partial charge in [-0.2, -0.15) is 0 Å². The van der Waals surface area contributed by atoms with Crippen molar-refractivity contribution in [3.63, 3.8) is 0 Å². The molecule has 1 rings (SSSR count). The van der Waals surface area contributed by atoms with E-state index in [4.69, 9.17) is 17.3 Å². The summed E-state index contributed by atoms with van der Waals surface area (Å²) < 4.78 is 0. The molecule has 0 saturated carbocycles. The first-order chi connectivity index (χ1) is 7.42. The van der Waals surface area contributed by atoms with Gasteiger partial charge in [0, 0.05) is 25.3 Å². The minimum Gasteiger partial charge on any atom is -0.353 e. The monoisotopic (exact) mass is 241 g/mol. The Hall–Kier alpha value is -0.800. The summed E-state index contributed by atoms with van der Waals surface area (Å²) in [5, 5.41) is 0.659. The van der Waals surface area contributed by atoms with Crippen LogP contribution in [-0.2, 0) is 6.54 Å². The van der Waals surface area contributed by atoms with E-state index >= 15 is 0 Å². The van der Waals surface area contributed by atoms with Gasteiger partial charge in [-0.1, -0.05) is 18.5 Å². The van der Waals surface area contributed by atoms with Crippen LogP contribution in [-0.4, -0.2) is 17.6 Å². The number of rotatable bonds is 4. The number of pyridine rings is 1. The van der Waals surface area contributed by atoms with Gasteiger partial charge in [0.25, 0.3) is 0 Å². The molecule has 1 aromatic rings. The summed E-state index contributed by atoms with van der Waals surface area (Å²) in [6, 6.07) is 1.88. The molecule has 0 aliphatic rings. The third kappa shape index (κ3) is 2.66. The van der Waals surface area contributed by atoms with Gasteiger partial charge in [0.1, 0.15) is 5.82 Å². The van der Waals surface area contributed by atoms with Crippen LogP contribution < -0.4 is 10.6 Å². The summed E-state index contributed by atoms with van der Waals surface area (Å²) in [6.07, 6.45) is 2.81. The fourth-order valence-corrected chi connectivity index (χ4v) is 1.67. The lowest BCUT2D eigenvalue weighted by atomic mass is 10.00. The van der Waals surface area contributed by atoms with Crippen molar-refractivity contribution in [2.45, 2.75) is 39.3 Å². The molecule has 0 aliphatic heterocycles. The molecule has 0 amide bonds. The third-order valence-electron chi connectivity index (χ3n) is 3.21. The van der Waals surface area contributed by atoms with Crippen LogP contribution in [0.4, 0.5) is 5.82 Å². The second-order valence-electron chi connectivity index (χ2n) is 4.58. The summed E-state index contributed by atoms with van der Waals surface area (Å²) in [4.78, 5) is 6.48. The van der Waals surface area contributed by atoms with E-state index in [2.05, 4.69) is 30.7 Å². The molecular formula is C12H20ClN3. The van der Waals surface area contributed by atoms with E-state index in [0.717, 1.165) is 17.8 Å². The molecule has 0 atom stereocenters. The minimum absolute atomic E-state index is 0.0425. The van der Waals surface area contributed by atoms with Crippen LogP contribution in [0.2, 0.25) is 5.02 Å². The summed E-state index contributed by atoms with van der Waals surface area (Å²) in [5.41, 5.74) is 6.54. The summed E-state index contributed by atoms with van der Waals surface area (Å²) in [6.45, 7) is 6.95. The maximum atomic E-state index is 6.21. The van der Waals surface area contributed by atoms with E-state index in [1.807, 2.05) is 13.1 Å². The first-order valence-corrected chi connectivity index (χ1v) is 5.88. The van der Waals surface area contributed by atoms with Crippen molar-refractivity contribution >= 4 is 17.4 Å². The lowest BCUT2D eigenvalue weighted by Crippen LogP contribution is -2.41. The highest BCUT2D eigenvalue weighted by atomic mass is 35.5. The third-order valence-corrected chi connectivity index (χ3v) is 3.48. The second kappa shape index (κ2) is 5.02. The fourth-order valence-electron chi connectivity index (χ4n) is 1.35. The molecule has 16 heavy (non-hydrogen) atoms. The number of hydrogen-bond acceptors (Lipinski definition) is 3. The van der Waals surface area contributed by atoms with Crippen molar-refractivity contribution < 1.29 is 0 Å². The van der Waals surface area contributed by atoms with E-state index in [1.54, 1.807) is 6.20 Å². The molecule has 2 N–H and O–H groups in total. The van der Waals surface area contributed by atoms with Crippen molar-refractivity contribution in [1.82, 2.24) is 4.98 Å². The fraction of sp³-hybridized carbons (Fsp3) is 0.583. The molecule has 0 radical (unpaired) electrons. The number of nitrogens with zero attached hydrogens (tertiary/aromatic N) is 2. The van der Waals surface area contributed by atoms with Crippen LogP contribution in [0.25, 0.3) is 0 Å². The SMILES string of the molecule is CCC(C)(C)N(C)c1ncc(CN)cc1Cl. The molecule has 0 unspecified atom stereocenters. The Balaban J connectivity index is 3.05. The van der Waals surface area contributed by atoms with E-state index in [0.29, 0.717) is 11.6 Å². The van der Waals surface area contributed by atoms with E-state index in [1.165, 1.54) is 0 Å². The van der Waals surface area contributed by atoms with Gasteiger partial charge in [0.2, 0.25) is 0 Å². The Morgan fingerprint density at radius 2 is 2.12 bits per heavy atom. The zero-order chi connectivity index (χ0) is 12.3. The van der Waals surface area contributed by atoms with Gasteiger partial charge in [-0.3, -0.25) is 0 Å². The van der Waals surface area contributed by atoms with Gasteiger partial charge in [-0.05, 0) is 31.9 Å². The van der Waals surface area contributed by atoms with E-state index < -0.39 is 0 Å². The molecule has 0 fully saturated rings. The predicted octanol–water partition coefficient (Wildman–Crippen LogP) is 2.82. The highest BCUT2D eigenvalue weighted by Gasteiger charge is 2.24. The van der Waals surface area contributed by atoms with Crippen LogP contribution in [0.3, 0.4) is 0 Å². The van der Waals surface area contributed by atoms with Gasteiger partial charge in [0.15, 0.2) is 0 Å². The van der Waals surface area contributed by atoms with Crippen molar-refractivity contribution in [1.29, 1.82) is 0 Å². The standard InChI is InChI=1S/C12H20ClN3/c1-5-12(2,3)16(4)11-10(13)6-9(7-14)8-15-11/h6,8H,5,7,14H2,1-4H3. The van der Waals surface area contributed by atoms with Crippen molar-refractivity contribution in [2.24, 2.45) is 5.73 Å². The highest BCUT2D eigenvalue weighted by Crippen LogP contribution is 2.29. The van der Waals surface area contributed by atoms with Crippen molar-refractivity contribution in [3.8, 4) is 0 Å². The first-order valence-electron chi connectivity index (χ1n) is 5.50. The van der Waals surface area contributed by atoms with Crippen LogP contribution in [0, 0.1) is 0 Å². The van der Waals surface area contributed by atoms with Crippen LogP contribution >= 0.6 is 11.6 Å². The largest absolute Gasteiger partial charge is 0.353 e. The van der Waals surface area contributed by atoms with Crippen LogP contribution in [0.15, 0.2) is 12.3 Å². The molecule has 1 aromatic heterocycles. The number of aromatic nitrogens is 1. The Morgan fingerprint density at radius 1 is 1.50 bits per heavy atom. The Kier molecular flexibility index (Phi) is 4.16.